The van der Waals surface area contributed by atoms with Crippen LogP contribution in [0.25, 0.3) is 0 Å². The number of hydrogen-bond donors (Lipinski definition) is 1. The minimum absolute atomic E-state index is 0.0255. The Morgan fingerprint density at radius 1 is 0.958 bits per heavy atom. The van der Waals surface area contributed by atoms with E-state index in [1.54, 1.807) is 0 Å². The van der Waals surface area contributed by atoms with Crippen LogP contribution in [0.2, 0.25) is 5.02 Å². The lowest BCUT2D eigenvalue weighted by molar-refractivity contribution is -0.150. The Morgan fingerprint density at radius 3 is 2.12 bits per heavy atom. The summed E-state index contributed by atoms with van der Waals surface area (Å²) in [5.41, 5.74) is 1.09. The van der Waals surface area contributed by atoms with Crippen LogP contribution in [0, 0.1) is 11.8 Å². The number of carbonyl (C=O) groups is 2. The van der Waals surface area contributed by atoms with Gasteiger partial charge in [-0.15, -0.1) is 0 Å². The molecule has 24 heavy (non-hydrogen) atoms. The summed E-state index contributed by atoms with van der Waals surface area (Å²) in [6, 6.07) is 7.68. The molecule has 1 aromatic carbocycles. The summed E-state index contributed by atoms with van der Waals surface area (Å²) in [4.78, 5) is 28.2. The second-order valence-electron chi connectivity index (χ2n) is 6.28. The van der Waals surface area contributed by atoms with Crippen molar-refractivity contribution in [3.8, 4) is 0 Å². The number of nitrogens with zero attached hydrogens (tertiary/aromatic N) is 2. The van der Waals surface area contributed by atoms with Gasteiger partial charge >= 0.3 is 5.97 Å². The van der Waals surface area contributed by atoms with Crippen LogP contribution in [0.4, 0.5) is 5.69 Å². The van der Waals surface area contributed by atoms with Crippen molar-refractivity contribution in [2.24, 2.45) is 11.8 Å². The molecular formula is C18H21ClN2O3. The molecule has 0 spiro atoms. The second-order valence-corrected chi connectivity index (χ2v) is 6.72. The summed E-state index contributed by atoms with van der Waals surface area (Å²) in [5.74, 6) is -1.94. The predicted molar refractivity (Wildman–Crippen MR) is 93.2 cm³/mol. The van der Waals surface area contributed by atoms with Crippen LogP contribution in [0.5, 0.6) is 0 Å². The summed E-state index contributed by atoms with van der Waals surface area (Å²) in [6.45, 7) is 2.73. The fourth-order valence-electron chi connectivity index (χ4n) is 3.43. The number of allylic oxidation sites excluding steroid dienone is 2. The maximum absolute atomic E-state index is 12.7. The molecule has 6 heteroatoms. The van der Waals surface area contributed by atoms with E-state index in [4.69, 9.17) is 11.6 Å². The molecule has 1 aliphatic carbocycles. The maximum atomic E-state index is 12.7. The molecule has 0 radical (unpaired) electrons. The third-order valence-electron chi connectivity index (χ3n) is 4.85. The van der Waals surface area contributed by atoms with Crippen molar-refractivity contribution in [2.75, 3.05) is 31.1 Å². The number of anilines is 1. The van der Waals surface area contributed by atoms with Crippen molar-refractivity contribution in [1.82, 2.24) is 4.90 Å². The normalized spacial score (nSPS) is 24.0. The van der Waals surface area contributed by atoms with Gasteiger partial charge in [-0.05, 0) is 37.1 Å². The minimum Gasteiger partial charge on any atom is -0.481 e. The van der Waals surface area contributed by atoms with Crippen molar-refractivity contribution < 1.29 is 14.7 Å². The van der Waals surface area contributed by atoms with Crippen LogP contribution in [0.15, 0.2) is 36.4 Å². The zero-order valence-electron chi connectivity index (χ0n) is 13.4. The van der Waals surface area contributed by atoms with E-state index in [9.17, 15) is 14.7 Å². The number of hydrogen-bond acceptors (Lipinski definition) is 3. The first-order chi connectivity index (χ1) is 11.6. The van der Waals surface area contributed by atoms with Crippen molar-refractivity contribution in [1.29, 1.82) is 0 Å². The summed E-state index contributed by atoms with van der Waals surface area (Å²) in [7, 11) is 0. The van der Waals surface area contributed by atoms with Gasteiger partial charge in [0.15, 0.2) is 0 Å². The molecular weight excluding hydrogens is 328 g/mol. The van der Waals surface area contributed by atoms with Gasteiger partial charge in [0, 0.05) is 36.9 Å². The van der Waals surface area contributed by atoms with Crippen LogP contribution in [0.1, 0.15) is 12.8 Å². The Bertz CT molecular complexity index is 636. The third kappa shape index (κ3) is 3.56. The number of amides is 1. The number of rotatable bonds is 3. The molecule has 0 aromatic heterocycles. The molecule has 5 nitrogen and oxygen atoms in total. The second kappa shape index (κ2) is 7.26. The maximum Gasteiger partial charge on any atom is 0.307 e. The lowest BCUT2D eigenvalue weighted by Gasteiger charge is -2.38. The SMILES string of the molecule is O=C(O)C1CC=CCC1C(=O)N1CCN(c2ccc(Cl)cc2)CC1. The molecule has 1 fully saturated rings. The molecule has 1 heterocycles. The van der Waals surface area contributed by atoms with Gasteiger partial charge in [-0.25, -0.2) is 0 Å². The van der Waals surface area contributed by atoms with Gasteiger partial charge in [-0.2, -0.15) is 0 Å². The highest BCUT2D eigenvalue weighted by molar-refractivity contribution is 6.30. The summed E-state index contributed by atoms with van der Waals surface area (Å²) in [5, 5.41) is 10.1. The molecule has 0 bridgehead atoms. The highest BCUT2D eigenvalue weighted by Gasteiger charge is 2.37. The van der Waals surface area contributed by atoms with E-state index in [0.717, 1.165) is 18.8 Å². The van der Waals surface area contributed by atoms with Crippen LogP contribution in [-0.2, 0) is 9.59 Å². The van der Waals surface area contributed by atoms with Gasteiger partial charge in [0.25, 0.3) is 0 Å². The highest BCUT2D eigenvalue weighted by atomic mass is 35.5. The number of carboxylic acid groups (broad SMARTS) is 1. The largest absolute Gasteiger partial charge is 0.481 e. The lowest BCUT2D eigenvalue weighted by atomic mass is 9.82. The fourth-order valence-corrected chi connectivity index (χ4v) is 3.56. The van der Waals surface area contributed by atoms with Crippen LogP contribution in [0.3, 0.4) is 0 Å². The van der Waals surface area contributed by atoms with E-state index in [2.05, 4.69) is 4.90 Å². The Morgan fingerprint density at radius 2 is 1.54 bits per heavy atom. The molecule has 2 aliphatic rings. The first-order valence-electron chi connectivity index (χ1n) is 8.23. The first-order valence-corrected chi connectivity index (χ1v) is 8.61. The average molecular weight is 349 g/mol. The number of carbonyl (C=O) groups excluding carboxylic acids is 1. The first kappa shape index (κ1) is 16.8. The van der Waals surface area contributed by atoms with Crippen molar-refractivity contribution in [3.63, 3.8) is 0 Å². The zero-order chi connectivity index (χ0) is 17.1. The number of piperazine rings is 1. The van der Waals surface area contributed by atoms with E-state index in [1.807, 2.05) is 41.3 Å². The topological polar surface area (TPSA) is 60.9 Å². The van der Waals surface area contributed by atoms with E-state index in [1.165, 1.54) is 0 Å². The third-order valence-corrected chi connectivity index (χ3v) is 5.10. The summed E-state index contributed by atoms with van der Waals surface area (Å²) < 4.78 is 0. The molecule has 1 saturated heterocycles. The van der Waals surface area contributed by atoms with Gasteiger partial charge < -0.3 is 14.9 Å². The number of carboxylic acids is 1. The van der Waals surface area contributed by atoms with Crippen molar-refractivity contribution in [2.45, 2.75) is 12.8 Å². The molecule has 1 N–H and O–H groups in total. The molecule has 1 amide bonds. The minimum atomic E-state index is -0.877. The van der Waals surface area contributed by atoms with E-state index in [0.29, 0.717) is 31.0 Å². The van der Waals surface area contributed by atoms with Gasteiger partial charge in [0.05, 0.1) is 11.8 Å². The van der Waals surface area contributed by atoms with E-state index < -0.39 is 17.8 Å². The summed E-state index contributed by atoms with van der Waals surface area (Å²) in [6.07, 6.45) is 4.75. The molecule has 128 valence electrons. The zero-order valence-corrected chi connectivity index (χ0v) is 14.2. The number of halogens is 1. The molecule has 1 aliphatic heterocycles. The standard InChI is InChI=1S/C18H21ClN2O3/c19-13-5-7-14(8-6-13)20-9-11-21(12-10-20)17(22)15-3-1-2-4-16(15)18(23)24/h1-2,5-8,15-16H,3-4,9-12H2,(H,23,24). The van der Waals surface area contributed by atoms with E-state index in [-0.39, 0.29) is 5.91 Å². The highest BCUT2D eigenvalue weighted by Crippen LogP contribution is 2.28. The van der Waals surface area contributed by atoms with Gasteiger partial charge in [-0.1, -0.05) is 23.8 Å². The average Bonchev–Trinajstić information content (AvgIpc) is 2.62. The molecule has 0 saturated carbocycles. The lowest BCUT2D eigenvalue weighted by Crippen LogP contribution is -2.52. The quantitative estimate of drug-likeness (QED) is 0.853. The Labute approximate surface area is 146 Å². The molecule has 2 unspecified atom stereocenters. The number of benzene rings is 1. The Hall–Kier alpha value is -2.01. The van der Waals surface area contributed by atoms with E-state index >= 15 is 0 Å². The van der Waals surface area contributed by atoms with Crippen molar-refractivity contribution in [3.05, 3.63) is 41.4 Å². The van der Waals surface area contributed by atoms with Gasteiger partial charge in [0.1, 0.15) is 0 Å². The number of aliphatic carboxylic acids is 1. The van der Waals surface area contributed by atoms with Gasteiger partial charge in [0.2, 0.25) is 5.91 Å². The fraction of sp³-hybridized carbons (Fsp3) is 0.444. The Kier molecular flexibility index (Phi) is 5.09. The monoisotopic (exact) mass is 348 g/mol. The Balaban J connectivity index is 1.61. The predicted octanol–water partition coefficient (Wildman–Crippen LogP) is 2.66. The molecule has 3 rings (SSSR count). The van der Waals surface area contributed by atoms with Crippen molar-refractivity contribution >= 4 is 29.2 Å². The van der Waals surface area contributed by atoms with Crippen LogP contribution >= 0.6 is 11.6 Å². The smallest absolute Gasteiger partial charge is 0.307 e. The summed E-state index contributed by atoms with van der Waals surface area (Å²) >= 11 is 5.92. The van der Waals surface area contributed by atoms with Gasteiger partial charge in [-0.3, -0.25) is 9.59 Å². The molecule has 1 aromatic rings. The van der Waals surface area contributed by atoms with Crippen LogP contribution in [-0.4, -0.2) is 48.1 Å². The van der Waals surface area contributed by atoms with Crippen LogP contribution < -0.4 is 4.90 Å². The molecule has 2 atom stereocenters.